The summed E-state index contributed by atoms with van der Waals surface area (Å²) in [6.07, 6.45) is 0. The number of halogens is 1. The summed E-state index contributed by atoms with van der Waals surface area (Å²) in [6.45, 7) is 8.69. The van der Waals surface area contributed by atoms with Crippen molar-refractivity contribution in [2.24, 2.45) is 0 Å². The molecule has 4 rings (SSSR count). The number of benzene rings is 2. The Balaban J connectivity index is 1.18. The van der Waals surface area contributed by atoms with Gasteiger partial charge >= 0.3 is 0 Å². The van der Waals surface area contributed by atoms with Crippen LogP contribution in [0.15, 0.2) is 59.1 Å². The molecule has 2 heterocycles. The minimum Gasteiger partial charge on any atom is -0.365 e. The highest BCUT2D eigenvalue weighted by molar-refractivity contribution is 5.91. The van der Waals surface area contributed by atoms with Gasteiger partial charge in [0.15, 0.2) is 5.76 Å². The maximum atomic E-state index is 13.0. The van der Waals surface area contributed by atoms with E-state index in [-0.39, 0.29) is 24.9 Å². The van der Waals surface area contributed by atoms with Crippen LogP contribution in [0.4, 0.5) is 10.1 Å². The molecule has 0 radical (unpaired) electrons. The van der Waals surface area contributed by atoms with Crippen LogP contribution in [0.1, 0.15) is 18.2 Å². The Morgan fingerprint density at radius 3 is 2.45 bits per heavy atom. The van der Waals surface area contributed by atoms with Gasteiger partial charge in [0.1, 0.15) is 18.1 Å². The summed E-state index contributed by atoms with van der Waals surface area (Å²) >= 11 is 0. The van der Waals surface area contributed by atoms with Crippen molar-refractivity contribution in [1.82, 2.24) is 15.0 Å². The van der Waals surface area contributed by atoms with E-state index in [1.165, 1.54) is 17.7 Å². The van der Waals surface area contributed by atoms with E-state index < -0.39 is 0 Å². The van der Waals surface area contributed by atoms with Crippen LogP contribution in [0, 0.1) is 5.82 Å². The van der Waals surface area contributed by atoms with Crippen molar-refractivity contribution in [3.05, 3.63) is 71.7 Å². The maximum Gasteiger partial charge on any atom is 0.250 e. The van der Waals surface area contributed by atoms with Crippen molar-refractivity contribution in [3.8, 4) is 11.3 Å². The molecule has 2 aromatic carbocycles. The monoisotopic (exact) mass is 452 g/mol. The third kappa shape index (κ3) is 6.71. The standard InChI is InChI=1S/C25H29FN4O3/c1-2-29-11-13-30(14-12-29)16-19-3-9-22(10-4-19)27-25(31)18-32-17-23-15-24(33-28-23)20-5-7-21(26)8-6-20/h3-10,15H,2,11-14,16-18H2,1H3,(H,27,31). The number of hydrogen-bond donors (Lipinski definition) is 1. The second-order valence-corrected chi connectivity index (χ2v) is 8.14. The first-order valence-electron chi connectivity index (χ1n) is 11.2. The lowest BCUT2D eigenvalue weighted by atomic mass is 10.1. The molecule has 174 valence electrons. The van der Waals surface area contributed by atoms with E-state index in [1.807, 2.05) is 12.1 Å². The van der Waals surface area contributed by atoms with E-state index in [1.54, 1.807) is 18.2 Å². The first kappa shape index (κ1) is 23.1. The van der Waals surface area contributed by atoms with Crippen molar-refractivity contribution in [2.45, 2.75) is 20.1 Å². The summed E-state index contributed by atoms with van der Waals surface area (Å²) in [7, 11) is 0. The molecule has 1 N–H and O–H groups in total. The van der Waals surface area contributed by atoms with Gasteiger partial charge in [0, 0.05) is 50.0 Å². The van der Waals surface area contributed by atoms with Gasteiger partial charge in [-0.05, 0) is 48.5 Å². The Bertz CT molecular complexity index is 1030. The maximum absolute atomic E-state index is 13.0. The van der Waals surface area contributed by atoms with Crippen molar-refractivity contribution < 1.29 is 18.4 Å². The number of piperazine rings is 1. The lowest BCUT2D eigenvalue weighted by molar-refractivity contribution is -0.121. The highest BCUT2D eigenvalue weighted by Crippen LogP contribution is 2.21. The van der Waals surface area contributed by atoms with Crippen molar-refractivity contribution in [3.63, 3.8) is 0 Å². The smallest absolute Gasteiger partial charge is 0.250 e. The second-order valence-electron chi connectivity index (χ2n) is 8.14. The number of aromatic nitrogens is 1. The number of ether oxygens (including phenoxy) is 1. The number of rotatable bonds is 9. The van der Waals surface area contributed by atoms with E-state index in [0.29, 0.717) is 11.5 Å². The van der Waals surface area contributed by atoms with Crippen LogP contribution in [0.3, 0.4) is 0 Å². The molecule has 3 aromatic rings. The lowest BCUT2D eigenvalue weighted by Crippen LogP contribution is -2.45. The number of nitrogens with zero attached hydrogens (tertiary/aromatic N) is 3. The van der Waals surface area contributed by atoms with E-state index in [0.717, 1.165) is 50.5 Å². The van der Waals surface area contributed by atoms with Gasteiger partial charge in [-0.3, -0.25) is 9.69 Å². The van der Waals surface area contributed by atoms with Gasteiger partial charge < -0.3 is 19.5 Å². The van der Waals surface area contributed by atoms with Gasteiger partial charge in [0.25, 0.3) is 0 Å². The Morgan fingerprint density at radius 1 is 1.06 bits per heavy atom. The van der Waals surface area contributed by atoms with Crippen LogP contribution in [-0.4, -0.2) is 60.2 Å². The highest BCUT2D eigenvalue weighted by atomic mass is 19.1. The summed E-state index contributed by atoms with van der Waals surface area (Å²) in [5, 5.41) is 6.78. The van der Waals surface area contributed by atoms with Crippen molar-refractivity contribution >= 4 is 11.6 Å². The van der Waals surface area contributed by atoms with E-state index in [2.05, 4.69) is 39.3 Å². The fourth-order valence-corrected chi connectivity index (χ4v) is 3.79. The molecular weight excluding hydrogens is 423 g/mol. The topological polar surface area (TPSA) is 70.8 Å². The Morgan fingerprint density at radius 2 is 1.76 bits per heavy atom. The number of carbonyl (C=O) groups excluding carboxylic acids is 1. The molecule has 1 aromatic heterocycles. The zero-order chi connectivity index (χ0) is 23.0. The predicted octanol–water partition coefficient (Wildman–Crippen LogP) is 3.77. The zero-order valence-corrected chi connectivity index (χ0v) is 18.8. The molecule has 1 aliphatic rings. The molecule has 1 fully saturated rings. The Hall–Kier alpha value is -3.07. The third-order valence-electron chi connectivity index (χ3n) is 5.73. The molecular formula is C25H29FN4O3. The third-order valence-corrected chi connectivity index (χ3v) is 5.73. The van der Waals surface area contributed by atoms with Crippen LogP contribution >= 0.6 is 0 Å². The largest absolute Gasteiger partial charge is 0.365 e. The van der Waals surface area contributed by atoms with Gasteiger partial charge in [-0.2, -0.15) is 0 Å². The molecule has 0 saturated carbocycles. The van der Waals surface area contributed by atoms with E-state index in [9.17, 15) is 9.18 Å². The van der Waals surface area contributed by atoms with Crippen LogP contribution in [0.25, 0.3) is 11.3 Å². The molecule has 1 aliphatic heterocycles. The zero-order valence-electron chi connectivity index (χ0n) is 18.8. The van der Waals surface area contributed by atoms with Gasteiger partial charge in [-0.1, -0.05) is 24.2 Å². The number of likely N-dealkylation sites (N-methyl/N-ethyl adjacent to an activating group) is 1. The number of hydrogen-bond acceptors (Lipinski definition) is 6. The molecule has 0 atom stereocenters. The van der Waals surface area contributed by atoms with Gasteiger partial charge in [0.2, 0.25) is 5.91 Å². The second kappa shape index (κ2) is 11.2. The molecule has 0 unspecified atom stereocenters. The molecule has 0 spiro atoms. The number of carbonyl (C=O) groups is 1. The average molecular weight is 453 g/mol. The summed E-state index contributed by atoms with van der Waals surface area (Å²) in [6, 6.07) is 15.6. The summed E-state index contributed by atoms with van der Waals surface area (Å²) in [5.74, 6) is -0.0287. The van der Waals surface area contributed by atoms with Crippen molar-refractivity contribution in [1.29, 1.82) is 0 Å². The fraction of sp³-hybridized carbons (Fsp3) is 0.360. The first-order valence-corrected chi connectivity index (χ1v) is 11.2. The SMILES string of the molecule is CCN1CCN(Cc2ccc(NC(=O)COCc3cc(-c4ccc(F)cc4)on3)cc2)CC1. The molecule has 1 saturated heterocycles. The number of nitrogens with one attached hydrogen (secondary N) is 1. The van der Waals surface area contributed by atoms with Gasteiger partial charge in [-0.15, -0.1) is 0 Å². The summed E-state index contributed by atoms with van der Waals surface area (Å²) in [4.78, 5) is 17.1. The molecule has 0 aliphatic carbocycles. The van der Waals surface area contributed by atoms with Crippen LogP contribution in [-0.2, 0) is 22.7 Å². The van der Waals surface area contributed by atoms with E-state index in [4.69, 9.17) is 9.26 Å². The summed E-state index contributed by atoms with van der Waals surface area (Å²) < 4.78 is 23.8. The molecule has 8 heteroatoms. The lowest BCUT2D eigenvalue weighted by Gasteiger charge is -2.34. The van der Waals surface area contributed by atoms with Crippen molar-refractivity contribution in [2.75, 3.05) is 44.6 Å². The van der Waals surface area contributed by atoms with Gasteiger partial charge in [-0.25, -0.2) is 4.39 Å². The molecule has 1 amide bonds. The predicted molar refractivity (Wildman–Crippen MR) is 124 cm³/mol. The van der Waals surface area contributed by atoms with Crippen LogP contribution in [0.5, 0.6) is 0 Å². The minimum atomic E-state index is -0.312. The quantitative estimate of drug-likeness (QED) is 0.533. The fourth-order valence-electron chi connectivity index (χ4n) is 3.79. The van der Waals surface area contributed by atoms with E-state index >= 15 is 0 Å². The number of amides is 1. The summed E-state index contributed by atoms with van der Waals surface area (Å²) in [5.41, 5.74) is 3.26. The number of anilines is 1. The first-order chi connectivity index (χ1) is 16.1. The van der Waals surface area contributed by atoms with Gasteiger partial charge in [0.05, 0.1) is 6.61 Å². The van der Waals surface area contributed by atoms with Crippen LogP contribution in [0.2, 0.25) is 0 Å². The van der Waals surface area contributed by atoms with Crippen LogP contribution < -0.4 is 5.32 Å². The average Bonchev–Trinajstić information content (AvgIpc) is 3.30. The Kier molecular flexibility index (Phi) is 7.83. The molecule has 7 nitrogen and oxygen atoms in total. The molecule has 0 bridgehead atoms. The normalized spacial score (nSPS) is 15.0. The minimum absolute atomic E-state index is 0.0950. The highest BCUT2D eigenvalue weighted by Gasteiger charge is 2.15. The molecule has 33 heavy (non-hydrogen) atoms. The Labute approximate surface area is 193 Å².